The first-order valence-corrected chi connectivity index (χ1v) is 6.84. The monoisotopic (exact) mass is 342 g/mol. The summed E-state index contributed by atoms with van der Waals surface area (Å²) in [6, 6.07) is 0. The molecule has 0 bridgehead atoms. The van der Waals surface area contributed by atoms with E-state index in [0.717, 1.165) is 0 Å². The number of Topliss-reactive ketones (excluding diaryl/α,β-unsaturated/α-hetero) is 1. The average Bonchev–Trinajstić information content (AvgIpc) is 2.56. The molecule has 1 fully saturated rings. The standard InChI is InChI=1S/C12H22O11/c13-1-3(15)5(16)7(18)9(20)11(22)12-10(21)8(19)6(17)4(2-14)23-12/h3-10,12-21H,1-2H2/t3-,4-,5+,6-,7+,8+,9-,10+,12?/m1/s1. The number of carbonyl (C=O) groups excluding carboxylic acids is 1. The van der Waals surface area contributed by atoms with Crippen LogP contribution in [0.25, 0.3) is 0 Å². The summed E-state index contributed by atoms with van der Waals surface area (Å²) in [6.07, 6.45) is -17.2. The Morgan fingerprint density at radius 1 is 0.913 bits per heavy atom. The lowest BCUT2D eigenvalue weighted by Crippen LogP contribution is -2.63. The third-order valence-corrected chi connectivity index (χ3v) is 3.72. The number of ether oxygens (including phenoxy) is 1. The van der Waals surface area contributed by atoms with Gasteiger partial charge in [0.2, 0.25) is 0 Å². The molecule has 0 saturated carbocycles. The highest BCUT2D eigenvalue weighted by Crippen LogP contribution is 2.23. The Bertz CT molecular complexity index is 389. The fourth-order valence-corrected chi connectivity index (χ4v) is 2.20. The Hall–Kier alpha value is -0.730. The van der Waals surface area contributed by atoms with Crippen LogP contribution in [0.15, 0.2) is 0 Å². The largest absolute Gasteiger partial charge is 0.394 e. The third kappa shape index (κ3) is 4.22. The predicted molar refractivity (Wildman–Crippen MR) is 69.9 cm³/mol. The van der Waals surface area contributed by atoms with Crippen LogP contribution >= 0.6 is 0 Å². The van der Waals surface area contributed by atoms with E-state index in [0.29, 0.717) is 0 Å². The van der Waals surface area contributed by atoms with Gasteiger partial charge in [-0.15, -0.1) is 0 Å². The molecule has 11 heteroatoms. The summed E-state index contributed by atoms with van der Waals surface area (Å²) < 4.78 is 4.91. The number of hydrogen-bond donors (Lipinski definition) is 9. The van der Waals surface area contributed by atoms with Crippen molar-refractivity contribution in [2.45, 2.75) is 54.9 Å². The van der Waals surface area contributed by atoms with Crippen molar-refractivity contribution in [3.63, 3.8) is 0 Å². The van der Waals surface area contributed by atoms with Crippen molar-refractivity contribution < 1.29 is 55.5 Å². The minimum absolute atomic E-state index is 0.792. The average molecular weight is 342 g/mol. The maximum Gasteiger partial charge on any atom is 0.195 e. The Morgan fingerprint density at radius 3 is 1.96 bits per heavy atom. The van der Waals surface area contributed by atoms with Gasteiger partial charge < -0.3 is 50.7 Å². The lowest BCUT2D eigenvalue weighted by atomic mass is 9.89. The van der Waals surface area contributed by atoms with Gasteiger partial charge in [-0.2, -0.15) is 0 Å². The molecule has 1 aliphatic rings. The first-order valence-electron chi connectivity index (χ1n) is 6.84. The number of carbonyl (C=O) groups is 1. The van der Waals surface area contributed by atoms with E-state index in [-0.39, 0.29) is 0 Å². The molecule has 9 N–H and O–H groups in total. The Morgan fingerprint density at radius 2 is 1.48 bits per heavy atom. The van der Waals surface area contributed by atoms with Crippen LogP contribution in [-0.4, -0.2) is 120 Å². The number of ketones is 1. The van der Waals surface area contributed by atoms with Gasteiger partial charge in [0.1, 0.15) is 54.9 Å². The summed E-state index contributed by atoms with van der Waals surface area (Å²) in [5.74, 6) is -1.35. The second-order valence-electron chi connectivity index (χ2n) is 5.33. The molecule has 136 valence electrons. The Kier molecular flexibility index (Phi) is 7.41. The molecule has 0 aromatic heterocycles. The van der Waals surface area contributed by atoms with E-state index < -0.39 is 73.9 Å². The molecular weight excluding hydrogens is 320 g/mol. The number of aliphatic hydroxyl groups is 9. The molecule has 23 heavy (non-hydrogen) atoms. The molecule has 0 amide bonds. The van der Waals surface area contributed by atoms with Crippen LogP contribution in [0.1, 0.15) is 0 Å². The molecule has 0 aromatic rings. The highest BCUT2D eigenvalue weighted by atomic mass is 16.5. The number of hydrogen-bond acceptors (Lipinski definition) is 11. The molecule has 11 nitrogen and oxygen atoms in total. The summed E-state index contributed by atoms with van der Waals surface area (Å²) in [7, 11) is 0. The number of aliphatic hydroxyl groups excluding tert-OH is 9. The van der Waals surface area contributed by atoms with Gasteiger partial charge in [-0.25, -0.2) is 0 Å². The second-order valence-corrected chi connectivity index (χ2v) is 5.33. The minimum Gasteiger partial charge on any atom is -0.394 e. The molecule has 1 heterocycles. The van der Waals surface area contributed by atoms with E-state index in [4.69, 9.17) is 14.9 Å². The SMILES string of the molecule is O=C(C1O[C@H](CO)[C@@H](O)[C@H](O)[C@@H]1O)[C@H](O)[C@@H](O)[C@@H](O)[C@H](O)CO. The summed E-state index contributed by atoms with van der Waals surface area (Å²) in [4.78, 5) is 12.1. The van der Waals surface area contributed by atoms with Gasteiger partial charge in [0.05, 0.1) is 13.2 Å². The summed E-state index contributed by atoms with van der Waals surface area (Å²) in [5, 5.41) is 84.5. The van der Waals surface area contributed by atoms with Crippen LogP contribution in [0.4, 0.5) is 0 Å². The minimum atomic E-state index is -2.33. The van der Waals surface area contributed by atoms with Gasteiger partial charge in [0.25, 0.3) is 0 Å². The molecule has 1 rings (SSSR count). The molecule has 1 aliphatic heterocycles. The fraction of sp³-hybridized carbons (Fsp3) is 0.917. The van der Waals surface area contributed by atoms with E-state index >= 15 is 0 Å². The van der Waals surface area contributed by atoms with Crippen LogP contribution in [0.5, 0.6) is 0 Å². The first kappa shape index (κ1) is 20.3. The highest BCUT2D eigenvalue weighted by molar-refractivity contribution is 5.88. The Balaban J connectivity index is 2.85. The molecule has 0 spiro atoms. The van der Waals surface area contributed by atoms with E-state index in [9.17, 15) is 40.5 Å². The third-order valence-electron chi connectivity index (χ3n) is 3.72. The van der Waals surface area contributed by atoms with Crippen molar-refractivity contribution in [1.82, 2.24) is 0 Å². The zero-order chi connectivity index (χ0) is 17.9. The van der Waals surface area contributed by atoms with Gasteiger partial charge in [0.15, 0.2) is 5.78 Å². The van der Waals surface area contributed by atoms with E-state index in [1.54, 1.807) is 0 Å². The fourth-order valence-electron chi connectivity index (χ4n) is 2.20. The molecule has 0 radical (unpaired) electrons. The zero-order valence-corrected chi connectivity index (χ0v) is 12.0. The van der Waals surface area contributed by atoms with Crippen LogP contribution in [0.2, 0.25) is 0 Å². The lowest BCUT2D eigenvalue weighted by molar-refractivity contribution is -0.231. The topological polar surface area (TPSA) is 208 Å². The predicted octanol–water partition coefficient (Wildman–Crippen LogP) is -6.17. The molecule has 0 aliphatic carbocycles. The molecule has 0 aromatic carbocycles. The molecule has 1 unspecified atom stereocenters. The van der Waals surface area contributed by atoms with Crippen molar-refractivity contribution >= 4 is 5.78 Å². The van der Waals surface area contributed by atoms with Gasteiger partial charge in [-0.1, -0.05) is 0 Å². The van der Waals surface area contributed by atoms with Crippen molar-refractivity contribution in [3.8, 4) is 0 Å². The van der Waals surface area contributed by atoms with Gasteiger partial charge in [-0.05, 0) is 0 Å². The first-order chi connectivity index (χ1) is 10.7. The smallest absolute Gasteiger partial charge is 0.195 e. The van der Waals surface area contributed by atoms with Gasteiger partial charge >= 0.3 is 0 Å². The normalized spacial score (nSPS) is 37.0. The summed E-state index contributed by atoms with van der Waals surface area (Å²) in [5.41, 5.74) is 0. The van der Waals surface area contributed by atoms with Crippen molar-refractivity contribution in [1.29, 1.82) is 0 Å². The summed E-state index contributed by atoms with van der Waals surface area (Å²) in [6.45, 7) is -1.74. The van der Waals surface area contributed by atoms with Crippen LogP contribution in [0.3, 0.4) is 0 Å². The molecular formula is C12H22O11. The van der Waals surface area contributed by atoms with E-state index in [2.05, 4.69) is 0 Å². The van der Waals surface area contributed by atoms with Crippen molar-refractivity contribution in [2.75, 3.05) is 13.2 Å². The lowest BCUT2D eigenvalue weighted by Gasteiger charge is -2.40. The van der Waals surface area contributed by atoms with Gasteiger partial charge in [-0.3, -0.25) is 4.79 Å². The number of rotatable bonds is 7. The zero-order valence-electron chi connectivity index (χ0n) is 12.0. The van der Waals surface area contributed by atoms with Gasteiger partial charge in [0, 0.05) is 0 Å². The van der Waals surface area contributed by atoms with E-state index in [1.807, 2.05) is 0 Å². The van der Waals surface area contributed by atoms with Crippen LogP contribution in [-0.2, 0) is 9.53 Å². The quantitative estimate of drug-likeness (QED) is 0.212. The van der Waals surface area contributed by atoms with Crippen LogP contribution < -0.4 is 0 Å². The van der Waals surface area contributed by atoms with E-state index in [1.165, 1.54) is 0 Å². The second kappa shape index (κ2) is 8.39. The molecule has 9 atom stereocenters. The van der Waals surface area contributed by atoms with Crippen LogP contribution in [0, 0.1) is 0 Å². The highest BCUT2D eigenvalue weighted by Gasteiger charge is 2.49. The maximum absolute atomic E-state index is 12.1. The Labute approximate surface area is 130 Å². The maximum atomic E-state index is 12.1. The van der Waals surface area contributed by atoms with Crippen molar-refractivity contribution in [2.24, 2.45) is 0 Å². The molecule has 1 saturated heterocycles. The van der Waals surface area contributed by atoms with Crippen molar-refractivity contribution in [3.05, 3.63) is 0 Å². The summed E-state index contributed by atoms with van der Waals surface area (Å²) >= 11 is 0.